The van der Waals surface area contributed by atoms with Crippen LogP contribution in [0.4, 0.5) is 0 Å². The van der Waals surface area contributed by atoms with E-state index in [0.717, 1.165) is 0 Å². The maximum Gasteiger partial charge on any atom is 0.317 e. The number of amides is 1. The number of carboxylic acid groups (broad SMARTS) is 1. The molecular weight excluding hydrogens is 216 g/mol. The molecule has 7 heteroatoms. The molecule has 0 spiro atoms. The van der Waals surface area contributed by atoms with Crippen LogP contribution in [0.1, 0.15) is 0 Å². The Bertz CT molecular complexity index is 271. The van der Waals surface area contributed by atoms with Crippen molar-refractivity contribution in [3.05, 3.63) is 0 Å². The van der Waals surface area contributed by atoms with Gasteiger partial charge in [0.05, 0.1) is 18.7 Å². The van der Waals surface area contributed by atoms with Gasteiger partial charge in [0.25, 0.3) is 0 Å². The van der Waals surface area contributed by atoms with Gasteiger partial charge in [-0.25, -0.2) is 0 Å². The summed E-state index contributed by atoms with van der Waals surface area (Å²) >= 11 is 0. The minimum absolute atomic E-state index is 0.0673. The van der Waals surface area contributed by atoms with E-state index in [4.69, 9.17) is 5.11 Å². The zero-order valence-corrected chi connectivity index (χ0v) is 9.05. The van der Waals surface area contributed by atoms with E-state index in [0.29, 0.717) is 6.54 Å². The number of methoxy groups -OCH3 is 1. The molecule has 92 valence electrons. The van der Waals surface area contributed by atoms with Gasteiger partial charge in [0.2, 0.25) is 5.91 Å². The van der Waals surface area contributed by atoms with Crippen LogP contribution in [0.5, 0.6) is 0 Å². The van der Waals surface area contributed by atoms with E-state index in [9.17, 15) is 14.7 Å². The molecule has 1 heterocycles. The van der Waals surface area contributed by atoms with Gasteiger partial charge < -0.3 is 20.3 Å². The third-order valence-corrected chi connectivity index (χ3v) is 2.35. The fraction of sp³-hybridized carbons (Fsp3) is 0.778. The van der Waals surface area contributed by atoms with Crippen LogP contribution in [0.3, 0.4) is 0 Å². The number of rotatable bonds is 5. The molecule has 1 aliphatic heterocycles. The summed E-state index contributed by atoms with van der Waals surface area (Å²) < 4.78 is 4.64. The Labute approximate surface area is 93.0 Å². The van der Waals surface area contributed by atoms with Crippen LogP contribution < -0.4 is 5.32 Å². The third kappa shape index (κ3) is 3.76. The lowest BCUT2D eigenvalue weighted by Gasteiger charge is -2.15. The summed E-state index contributed by atoms with van der Waals surface area (Å²) in [6.07, 6.45) is -0.736. The van der Waals surface area contributed by atoms with Gasteiger partial charge in [-0.3, -0.25) is 14.5 Å². The molecule has 0 aromatic carbocycles. The van der Waals surface area contributed by atoms with E-state index in [2.05, 4.69) is 10.1 Å². The van der Waals surface area contributed by atoms with Crippen molar-refractivity contribution in [1.82, 2.24) is 10.2 Å². The first-order valence-electron chi connectivity index (χ1n) is 4.93. The van der Waals surface area contributed by atoms with Crippen LogP contribution in [0, 0.1) is 0 Å². The van der Waals surface area contributed by atoms with Crippen LogP contribution >= 0.6 is 0 Å². The van der Waals surface area contributed by atoms with Gasteiger partial charge in [0.1, 0.15) is 6.61 Å². The molecule has 0 unspecified atom stereocenters. The molecule has 0 radical (unpaired) electrons. The number of carbonyl (C=O) groups excluding carboxylic acids is 1. The summed E-state index contributed by atoms with van der Waals surface area (Å²) in [5, 5.41) is 20.8. The van der Waals surface area contributed by atoms with Crippen LogP contribution in [0.2, 0.25) is 0 Å². The van der Waals surface area contributed by atoms with Crippen molar-refractivity contribution in [1.29, 1.82) is 0 Å². The number of β-amino-alcohol motifs (C(OH)–C–C–N with tert-alkyl or cyclic N) is 1. The summed E-state index contributed by atoms with van der Waals surface area (Å²) in [5.41, 5.74) is 0. The Morgan fingerprint density at radius 3 is 2.75 bits per heavy atom. The maximum atomic E-state index is 11.2. The van der Waals surface area contributed by atoms with E-state index in [-0.39, 0.29) is 25.6 Å². The number of hydrogen-bond donors (Lipinski definition) is 3. The lowest BCUT2D eigenvalue weighted by Crippen LogP contribution is -2.44. The second kappa shape index (κ2) is 5.78. The molecule has 0 aliphatic carbocycles. The van der Waals surface area contributed by atoms with Crippen molar-refractivity contribution in [3.8, 4) is 0 Å². The highest BCUT2D eigenvalue weighted by Crippen LogP contribution is 2.09. The highest BCUT2D eigenvalue weighted by atomic mass is 16.5. The van der Waals surface area contributed by atoms with Gasteiger partial charge in [-0.2, -0.15) is 0 Å². The predicted molar refractivity (Wildman–Crippen MR) is 53.9 cm³/mol. The molecule has 1 aliphatic rings. The first-order valence-corrected chi connectivity index (χ1v) is 4.93. The molecule has 0 saturated carbocycles. The first kappa shape index (κ1) is 12.9. The molecule has 2 atom stereocenters. The van der Waals surface area contributed by atoms with Crippen LogP contribution in [-0.4, -0.2) is 72.5 Å². The van der Waals surface area contributed by atoms with Gasteiger partial charge in [-0.15, -0.1) is 0 Å². The smallest absolute Gasteiger partial charge is 0.317 e. The Hall–Kier alpha value is -1.18. The van der Waals surface area contributed by atoms with Crippen molar-refractivity contribution < 1.29 is 24.5 Å². The molecule has 16 heavy (non-hydrogen) atoms. The minimum atomic E-state index is -0.948. The van der Waals surface area contributed by atoms with Gasteiger partial charge in [-0.1, -0.05) is 0 Å². The quantitative estimate of drug-likeness (QED) is 0.501. The standard InChI is InChI=1S/C9H16N2O5/c1-16-5-8(13)10-6-2-11(3-7(6)12)4-9(14)15/h6-7,12H,2-5H2,1H3,(H,10,13)(H,14,15)/t6-,7-/m1/s1. The van der Waals surface area contributed by atoms with E-state index < -0.39 is 18.1 Å². The fourth-order valence-electron chi connectivity index (χ4n) is 1.71. The third-order valence-electron chi connectivity index (χ3n) is 2.35. The topological polar surface area (TPSA) is 99.1 Å². The maximum absolute atomic E-state index is 11.2. The second-order valence-corrected chi connectivity index (χ2v) is 3.76. The summed E-state index contributed by atoms with van der Waals surface area (Å²) in [7, 11) is 1.40. The Morgan fingerprint density at radius 1 is 1.50 bits per heavy atom. The SMILES string of the molecule is COCC(=O)N[C@@H]1CN(CC(=O)O)C[C@H]1O. The highest BCUT2D eigenvalue weighted by molar-refractivity contribution is 5.77. The Balaban J connectivity index is 2.39. The van der Waals surface area contributed by atoms with Crippen molar-refractivity contribution in [3.63, 3.8) is 0 Å². The van der Waals surface area contributed by atoms with Crippen LogP contribution in [-0.2, 0) is 14.3 Å². The van der Waals surface area contributed by atoms with E-state index in [1.807, 2.05) is 0 Å². The van der Waals surface area contributed by atoms with Crippen LogP contribution in [0.15, 0.2) is 0 Å². The minimum Gasteiger partial charge on any atom is -0.480 e. The number of nitrogens with zero attached hydrogens (tertiary/aromatic N) is 1. The van der Waals surface area contributed by atoms with E-state index >= 15 is 0 Å². The van der Waals surface area contributed by atoms with Gasteiger partial charge in [-0.05, 0) is 0 Å². The normalized spacial score (nSPS) is 25.6. The number of aliphatic hydroxyl groups excluding tert-OH is 1. The molecule has 0 aromatic heterocycles. The molecular formula is C9H16N2O5. The monoisotopic (exact) mass is 232 g/mol. The number of aliphatic hydroxyl groups is 1. The highest BCUT2D eigenvalue weighted by Gasteiger charge is 2.32. The fourth-order valence-corrected chi connectivity index (χ4v) is 1.71. The number of nitrogens with one attached hydrogen (secondary N) is 1. The Kier molecular flexibility index (Phi) is 4.66. The molecule has 1 amide bonds. The molecule has 1 saturated heterocycles. The first-order chi connectivity index (χ1) is 7.52. The summed E-state index contributed by atoms with van der Waals surface area (Å²) in [4.78, 5) is 23.2. The Morgan fingerprint density at radius 2 is 2.19 bits per heavy atom. The number of carboxylic acids is 1. The molecule has 0 aromatic rings. The van der Waals surface area contributed by atoms with Crippen molar-refractivity contribution >= 4 is 11.9 Å². The zero-order valence-electron chi connectivity index (χ0n) is 9.05. The van der Waals surface area contributed by atoms with E-state index in [1.54, 1.807) is 4.90 Å². The number of likely N-dealkylation sites (tertiary alicyclic amines) is 1. The average Bonchev–Trinajstić information content (AvgIpc) is 2.45. The van der Waals surface area contributed by atoms with Crippen molar-refractivity contribution in [2.75, 3.05) is 33.4 Å². The molecule has 3 N–H and O–H groups in total. The summed E-state index contributed by atoms with van der Waals surface area (Å²) in [5.74, 6) is -1.26. The van der Waals surface area contributed by atoms with Crippen molar-refractivity contribution in [2.45, 2.75) is 12.1 Å². The molecule has 7 nitrogen and oxygen atoms in total. The summed E-state index contributed by atoms with van der Waals surface area (Å²) in [6, 6.07) is -0.429. The van der Waals surface area contributed by atoms with Gasteiger partial charge >= 0.3 is 5.97 Å². The molecule has 1 fully saturated rings. The second-order valence-electron chi connectivity index (χ2n) is 3.76. The number of aliphatic carboxylic acids is 1. The summed E-state index contributed by atoms with van der Waals surface area (Å²) in [6.45, 7) is 0.392. The number of hydrogen-bond acceptors (Lipinski definition) is 5. The van der Waals surface area contributed by atoms with Crippen LogP contribution in [0.25, 0.3) is 0 Å². The lowest BCUT2D eigenvalue weighted by molar-refractivity contribution is -0.138. The van der Waals surface area contributed by atoms with Crippen molar-refractivity contribution in [2.24, 2.45) is 0 Å². The average molecular weight is 232 g/mol. The van der Waals surface area contributed by atoms with E-state index in [1.165, 1.54) is 7.11 Å². The lowest BCUT2D eigenvalue weighted by atomic mass is 10.2. The molecule has 0 bridgehead atoms. The van der Waals surface area contributed by atoms with Gasteiger partial charge in [0, 0.05) is 20.2 Å². The zero-order chi connectivity index (χ0) is 12.1. The van der Waals surface area contributed by atoms with Gasteiger partial charge in [0.15, 0.2) is 0 Å². The predicted octanol–water partition coefficient (Wildman–Crippen LogP) is -2.12. The number of carbonyl (C=O) groups is 2. The largest absolute Gasteiger partial charge is 0.480 e. The molecule has 1 rings (SSSR count). The number of ether oxygens (including phenoxy) is 1.